The highest BCUT2D eigenvalue weighted by atomic mass is 79.9. The minimum Gasteiger partial charge on any atom is -0.465 e. The molecule has 0 bridgehead atoms. The van der Waals surface area contributed by atoms with Gasteiger partial charge in [0.2, 0.25) is 0 Å². The van der Waals surface area contributed by atoms with E-state index in [0.717, 1.165) is 11.1 Å². The predicted octanol–water partition coefficient (Wildman–Crippen LogP) is 3.33. The third-order valence-corrected chi connectivity index (χ3v) is 2.85. The van der Waals surface area contributed by atoms with Gasteiger partial charge in [-0.1, -0.05) is 27.5 Å². The van der Waals surface area contributed by atoms with E-state index in [1.807, 2.05) is 13.0 Å². The van der Waals surface area contributed by atoms with Crippen LogP contribution in [0.5, 0.6) is 0 Å². The van der Waals surface area contributed by atoms with Crippen molar-refractivity contribution in [2.75, 3.05) is 7.11 Å². The van der Waals surface area contributed by atoms with Crippen molar-refractivity contribution in [2.45, 2.75) is 12.3 Å². The molecule has 0 atom stereocenters. The fourth-order valence-corrected chi connectivity index (χ4v) is 2.02. The summed E-state index contributed by atoms with van der Waals surface area (Å²) in [7, 11) is 1.36. The van der Waals surface area contributed by atoms with E-state index in [1.54, 1.807) is 6.07 Å². The van der Waals surface area contributed by atoms with Crippen molar-refractivity contribution in [3.63, 3.8) is 0 Å². The fourth-order valence-electron chi connectivity index (χ4n) is 1.20. The molecule has 0 fully saturated rings. The molecule has 0 heterocycles. The van der Waals surface area contributed by atoms with Crippen LogP contribution < -0.4 is 0 Å². The Morgan fingerprint density at radius 2 is 2.21 bits per heavy atom. The molecule has 4 heteroatoms. The Morgan fingerprint density at radius 3 is 2.71 bits per heavy atom. The Kier molecular flexibility index (Phi) is 3.96. The second kappa shape index (κ2) is 4.80. The first-order chi connectivity index (χ1) is 6.60. The topological polar surface area (TPSA) is 26.3 Å². The summed E-state index contributed by atoms with van der Waals surface area (Å²) < 4.78 is 4.66. The van der Waals surface area contributed by atoms with E-state index in [0.29, 0.717) is 15.9 Å². The van der Waals surface area contributed by atoms with Crippen LogP contribution in [0.15, 0.2) is 12.1 Å². The lowest BCUT2D eigenvalue weighted by molar-refractivity contribution is 0.0600. The highest BCUT2D eigenvalue weighted by Gasteiger charge is 2.12. The van der Waals surface area contributed by atoms with E-state index in [-0.39, 0.29) is 5.97 Å². The average molecular weight is 278 g/mol. The van der Waals surface area contributed by atoms with Crippen LogP contribution in [0.2, 0.25) is 5.02 Å². The SMILES string of the molecule is COC(=O)c1cc(Cl)cc(CBr)c1C. The van der Waals surface area contributed by atoms with Gasteiger partial charge in [0.1, 0.15) is 0 Å². The maximum Gasteiger partial charge on any atom is 0.338 e. The molecule has 0 spiro atoms. The molecule has 0 amide bonds. The molecule has 0 aliphatic rings. The summed E-state index contributed by atoms with van der Waals surface area (Å²) >= 11 is 9.21. The minimum atomic E-state index is -0.354. The molecule has 0 saturated carbocycles. The zero-order valence-corrected chi connectivity index (χ0v) is 10.3. The van der Waals surface area contributed by atoms with Gasteiger partial charge in [0.15, 0.2) is 0 Å². The van der Waals surface area contributed by atoms with Crippen molar-refractivity contribution in [1.29, 1.82) is 0 Å². The van der Waals surface area contributed by atoms with Gasteiger partial charge in [0, 0.05) is 10.4 Å². The molecular formula is C10H10BrClO2. The molecule has 1 aromatic rings. The van der Waals surface area contributed by atoms with Gasteiger partial charge in [-0.05, 0) is 30.2 Å². The van der Waals surface area contributed by atoms with Gasteiger partial charge in [-0.3, -0.25) is 0 Å². The molecule has 1 rings (SSSR count). The third kappa shape index (κ3) is 2.28. The van der Waals surface area contributed by atoms with Crippen LogP contribution in [0.25, 0.3) is 0 Å². The van der Waals surface area contributed by atoms with Crippen molar-refractivity contribution in [3.05, 3.63) is 33.8 Å². The highest BCUT2D eigenvalue weighted by molar-refractivity contribution is 9.08. The molecule has 1 aromatic carbocycles. The molecule has 0 aliphatic carbocycles. The van der Waals surface area contributed by atoms with E-state index in [2.05, 4.69) is 20.7 Å². The lowest BCUT2D eigenvalue weighted by Crippen LogP contribution is -2.05. The van der Waals surface area contributed by atoms with Crippen LogP contribution in [0.4, 0.5) is 0 Å². The van der Waals surface area contributed by atoms with Crippen molar-refractivity contribution in [1.82, 2.24) is 0 Å². The number of benzene rings is 1. The summed E-state index contributed by atoms with van der Waals surface area (Å²) in [5.74, 6) is -0.354. The van der Waals surface area contributed by atoms with Crippen molar-refractivity contribution in [2.24, 2.45) is 0 Å². The van der Waals surface area contributed by atoms with Crippen LogP contribution in [0.3, 0.4) is 0 Å². The molecule has 0 radical (unpaired) electrons. The zero-order valence-electron chi connectivity index (χ0n) is 7.93. The molecule has 0 aromatic heterocycles. The molecule has 0 unspecified atom stereocenters. The molecular weight excluding hydrogens is 267 g/mol. The summed E-state index contributed by atoms with van der Waals surface area (Å²) in [6.07, 6.45) is 0. The molecule has 0 N–H and O–H groups in total. The fraction of sp³-hybridized carbons (Fsp3) is 0.300. The first-order valence-electron chi connectivity index (χ1n) is 4.03. The average Bonchev–Trinajstić information content (AvgIpc) is 2.19. The Hall–Kier alpha value is -0.540. The number of methoxy groups -OCH3 is 1. The lowest BCUT2D eigenvalue weighted by Gasteiger charge is -2.08. The Bertz CT molecular complexity index is 363. The van der Waals surface area contributed by atoms with Crippen LogP contribution >= 0.6 is 27.5 Å². The van der Waals surface area contributed by atoms with E-state index in [9.17, 15) is 4.79 Å². The Balaban J connectivity index is 3.29. The van der Waals surface area contributed by atoms with E-state index in [4.69, 9.17) is 11.6 Å². The number of halogens is 2. The number of rotatable bonds is 2. The number of carbonyl (C=O) groups excluding carboxylic acids is 1. The highest BCUT2D eigenvalue weighted by Crippen LogP contribution is 2.23. The normalized spacial score (nSPS) is 10.0. The van der Waals surface area contributed by atoms with E-state index < -0.39 is 0 Å². The van der Waals surface area contributed by atoms with Crippen molar-refractivity contribution < 1.29 is 9.53 Å². The van der Waals surface area contributed by atoms with Gasteiger partial charge in [0.25, 0.3) is 0 Å². The van der Waals surface area contributed by atoms with Crippen LogP contribution in [0, 0.1) is 6.92 Å². The molecule has 0 saturated heterocycles. The number of ether oxygens (including phenoxy) is 1. The van der Waals surface area contributed by atoms with Crippen LogP contribution in [-0.4, -0.2) is 13.1 Å². The first kappa shape index (κ1) is 11.5. The van der Waals surface area contributed by atoms with Gasteiger partial charge in [-0.25, -0.2) is 4.79 Å². The first-order valence-corrected chi connectivity index (χ1v) is 5.53. The summed E-state index contributed by atoms with van der Waals surface area (Å²) in [5.41, 5.74) is 2.42. The largest absolute Gasteiger partial charge is 0.465 e. The van der Waals surface area contributed by atoms with Crippen LogP contribution in [0.1, 0.15) is 21.5 Å². The van der Waals surface area contributed by atoms with Crippen LogP contribution in [-0.2, 0) is 10.1 Å². The van der Waals surface area contributed by atoms with E-state index in [1.165, 1.54) is 7.11 Å². The predicted molar refractivity (Wildman–Crippen MR) is 60.2 cm³/mol. The zero-order chi connectivity index (χ0) is 10.7. The van der Waals surface area contributed by atoms with Gasteiger partial charge in [0.05, 0.1) is 12.7 Å². The smallest absolute Gasteiger partial charge is 0.338 e. The number of hydrogen-bond acceptors (Lipinski definition) is 2. The molecule has 0 aliphatic heterocycles. The maximum atomic E-state index is 11.4. The summed E-state index contributed by atoms with van der Waals surface area (Å²) in [5, 5.41) is 1.22. The van der Waals surface area contributed by atoms with Gasteiger partial charge in [-0.15, -0.1) is 0 Å². The van der Waals surface area contributed by atoms with Gasteiger partial charge in [-0.2, -0.15) is 0 Å². The molecule has 2 nitrogen and oxygen atoms in total. The van der Waals surface area contributed by atoms with Gasteiger partial charge >= 0.3 is 5.97 Å². The monoisotopic (exact) mass is 276 g/mol. The van der Waals surface area contributed by atoms with E-state index >= 15 is 0 Å². The number of esters is 1. The number of hydrogen-bond donors (Lipinski definition) is 0. The maximum absolute atomic E-state index is 11.4. The third-order valence-electron chi connectivity index (χ3n) is 2.03. The second-order valence-corrected chi connectivity index (χ2v) is 3.86. The Morgan fingerprint density at radius 1 is 1.57 bits per heavy atom. The quantitative estimate of drug-likeness (QED) is 0.612. The Labute approximate surface area is 96.3 Å². The van der Waals surface area contributed by atoms with Crippen molar-refractivity contribution in [3.8, 4) is 0 Å². The number of carbonyl (C=O) groups is 1. The number of alkyl halides is 1. The summed E-state index contributed by atoms with van der Waals surface area (Å²) in [4.78, 5) is 11.4. The second-order valence-electron chi connectivity index (χ2n) is 2.86. The molecule has 14 heavy (non-hydrogen) atoms. The van der Waals surface area contributed by atoms with Gasteiger partial charge < -0.3 is 4.74 Å². The lowest BCUT2D eigenvalue weighted by atomic mass is 10.0. The van der Waals surface area contributed by atoms with Crippen molar-refractivity contribution >= 4 is 33.5 Å². The summed E-state index contributed by atoms with van der Waals surface area (Å²) in [6, 6.07) is 3.45. The standard InChI is InChI=1S/C10H10BrClO2/c1-6-7(5-11)3-8(12)4-9(6)10(13)14-2/h3-4H,5H2,1-2H3. The summed E-state index contributed by atoms with van der Waals surface area (Å²) in [6.45, 7) is 1.87. The molecule has 76 valence electrons. The minimum absolute atomic E-state index is 0.354.